The third-order valence-corrected chi connectivity index (χ3v) is 1.66. The standard InChI is InChI=1S/C10H14N2/c1-3-9(2)11-12-10-7-5-4-6-8-10/h4-8,12H,3H2,1-2H3. The van der Waals surface area contributed by atoms with Gasteiger partial charge in [0.25, 0.3) is 0 Å². The molecular weight excluding hydrogens is 148 g/mol. The number of hydrazone groups is 1. The van der Waals surface area contributed by atoms with E-state index in [4.69, 9.17) is 0 Å². The lowest BCUT2D eigenvalue weighted by Crippen LogP contribution is -1.94. The lowest BCUT2D eigenvalue weighted by molar-refractivity contribution is 1.21. The van der Waals surface area contributed by atoms with E-state index < -0.39 is 0 Å². The largest absolute Gasteiger partial charge is 0.279 e. The first-order valence-corrected chi connectivity index (χ1v) is 4.17. The highest BCUT2D eigenvalue weighted by atomic mass is 15.3. The van der Waals surface area contributed by atoms with E-state index >= 15 is 0 Å². The Hall–Kier alpha value is -1.31. The molecule has 64 valence electrons. The number of hydrogen-bond donors (Lipinski definition) is 1. The molecule has 0 radical (unpaired) electrons. The average molecular weight is 162 g/mol. The predicted molar refractivity (Wildman–Crippen MR) is 53.5 cm³/mol. The van der Waals surface area contributed by atoms with Crippen molar-refractivity contribution in [3.8, 4) is 0 Å². The second kappa shape index (κ2) is 4.54. The molecule has 1 aromatic rings. The highest BCUT2D eigenvalue weighted by Crippen LogP contribution is 2.04. The van der Waals surface area contributed by atoms with Crippen molar-refractivity contribution < 1.29 is 0 Å². The van der Waals surface area contributed by atoms with Crippen LogP contribution in [0.5, 0.6) is 0 Å². The van der Waals surface area contributed by atoms with Crippen LogP contribution in [-0.4, -0.2) is 5.71 Å². The van der Waals surface area contributed by atoms with Crippen LogP contribution in [-0.2, 0) is 0 Å². The fraction of sp³-hybridized carbons (Fsp3) is 0.300. The first kappa shape index (κ1) is 8.78. The summed E-state index contributed by atoms with van der Waals surface area (Å²) in [5.41, 5.74) is 5.13. The molecule has 0 aliphatic heterocycles. The molecule has 1 rings (SSSR count). The third-order valence-electron chi connectivity index (χ3n) is 1.66. The first-order valence-electron chi connectivity index (χ1n) is 4.17. The highest BCUT2D eigenvalue weighted by molar-refractivity contribution is 5.82. The fourth-order valence-corrected chi connectivity index (χ4v) is 0.752. The summed E-state index contributed by atoms with van der Waals surface area (Å²) in [4.78, 5) is 0. The average Bonchev–Trinajstić information content (AvgIpc) is 2.16. The van der Waals surface area contributed by atoms with Crippen molar-refractivity contribution in [2.75, 3.05) is 5.43 Å². The molecule has 0 bridgehead atoms. The zero-order valence-corrected chi connectivity index (χ0v) is 7.54. The van der Waals surface area contributed by atoms with Crippen molar-refractivity contribution in [2.24, 2.45) is 5.10 Å². The second-order valence-corrected chi connectivity index (χ2v) is 2.68. The van der Waals surface area contributed by atoms with E-state index in [-0.39, 0.29) is 0 Å². The predicted octanol–water partition coefficient (Wildman–Crippen LogP) is 2.88. The highest BCUT2D eigenvalue weighted by Gasteiger charge is 1.86. The number of nitrogens with zero attached hydrogens (tertiary/aromatic N) is 1. The van der Waals surface area contributed by atoms with Crippen molar-refractivity contribution in [3.05, 3.63) is 30.3 Å². The number of anilines is 1. The van der Waals surface area contributed by atoms with E-state index in [9.17, 15) is 0 Å². The Morgan fingerprint density at radius 1 is 1.33 bits per heavy atom. The monoisotopic (exact) mass is 162 g/mol. The van der Waals surface area contributed by atoms with Crippen LogP contribution in [0, 0.1) is 0 Å². The minimum atomic E-state index is 0.986. The Labute approximate surface area is 73.3 Å². The normalized spacial score (nSPS) is 11.3. The van der Waals surface area contributed by atoms with Crippen LogP contribution in [0.25, 0.3) is 0 Å². The maximum atomic E-state index is 4.18. The van der Waals surface area contributed by atoms with Crippen LogP contribution in [0.3, 0.4) is 0 Å². The quantitative estimate of drug-likeness (QED) is 0.536. The Morgan fingerprint density at radius 3 is 2.58 bits per heavy atom. The summed E-state index contributed by atoms with van der Waals surface area (Å²) in [7, 11) is 0. The minimum Gasteiger partial charge on any atom is -0.279 e. The van der Waals surface area contributed by atoms with Gasteiger partial charge in [-0.1, -0.05) is 25.1 Å². The van der Waals surface area contributed by atoms with Gasteiger partial charge in [0.2, 0.25) is 0 Å². The number of nitrogens with one attached hydrogen (secondary N) is 1. The molecular formula is C10H14N2. The zero-order valence-electron chi connectivity index (χ0n) is 7.54. The van der Waals surface area contributed by atoms with Crippen LogP contribution in [0.4, 0.5) is 5.69 Å². The lowest BCUT2D eigenvalue weighted by atomic mass is 10.3. The summed E-state index contributed by atoms with van der Waals surface area (Å²) >= 11 is 0. The van der Waals surface area contributed by atoms with Crippen LogP contribution in [0.15, 0.2) is 35.4 Å². The molecule has 0 amide bonds. The lowest BCUT2D eigenvalue weighted by Gasteiger charge is -2.00. The molecule has 0 aliphatic carbocycles. The maximum Gasteiger partial charge on any atom is 0.0561 e. The smallest absolute Gasteiger partial charge is 0.0561 e. The number of rotatable bonds is 3. The van der Waals surface area contributed by atoms with E-state index in [0.29, 0.717) is 0 Å². The van der Waals surface area contributed by atoms with Gasteiger partial charge >= 0.3 is 0 Å². The molecule has 0 aromatic heterocycles. The minimum absolute atomic E-state index is 0.986. The SMILES string of the molecule is CCC(C)=NNc1ccccc1. The summed E-state index contributed by atoms with van der Waals surface area (Å²) in [6, 6.07) is 9.94. The first-order chi connectivity index (χ1) is 5.83. The Balaban J connectivity index is 2.54. The summed E-state index contributed by atoms with van der Waals surface area (Å²) in [5.74, 6) is 0. The molecule has 1 aromatic carbocycles. The number of hydrogen-bond acceptors (Lipinski definition) is 2. The van der Waals surface area contributed by atoms with Crippen molar-refractivity contribution in [1.82, 2.24) is 0 Å². The molecule has 1 N–H and O–H groups in total. The van der Waals surface area contributed by atoms with Gasteiger partial charge in [-0.3, -0.25) is 5.43 Å². The molecule has 2 nitrogen and oxygen atoms in total. The molecule has 0 atom stereocenters. The Morgan fingerprint density at radius 2 is 2.00 bits per heavy atom. The summed E-state index contributed by atoms with van der Waals surface area (Å²) in [6.45, 7) is 4.10. The zero-order chi connectivity index (χ0) is 8.81. The summed E-state index contributed by atoms with van der Waals surface area (Å²) in [5, 5.41) is 4.18. The van der Waals surface area contributed by atoms with E-state index in [1.165, 1.54) is 0 Å². The fourth-order valence-electron chi connectivity index (χ4n) is 0.752. The number of para-hydroxylation sites is 1. The van der Waals surface area contributed by atoms with Gasteiger partial charge < -0.3 is 0 Å². The second-order valence-electron chi connectivity index (χ2n) is 2.68. The summed E-state index contributed by atoms with van der Waals surface area (Å²) < 4.78 is 0. The molecule has 2 heteroatoms. The summed E-state index contributed by atoms with van der Waals surface area (Å²) in [6.07, 6.45) is 0.986. The van der Waals surface area contributed by atoms with E-state index in [0.717, 1.165) is 17.8 Å². The molecule has 0 fully saturated rings. The van der Waals surface area contributed by atoms with Crippen LogP contribution in [0.2, 0.25) is 0 Å². The molecule has 0 aliphatic rings. The van der Waals surface area contributed by atoms with Gasteiger partial charge in [0, 0.05) is 5.71 Å². The van der Waals surface area contributed by atoms with Crippen LogP contribution >= 0.6 is 0 Å². The molecule has 12 heavy (non-hydrogen) atoms. The molecule has 0 spiro atoms. The van der Waals surface area contributed by atoms with E-state index in [1.54, 1.807) is 0 Å². The Kier molecular flexibility index (Phi) is 3.33. The van der Waals surface area contributed by atoms with E-state index in [1.807, 2.05) is 37.3 Å². The van der Waals surface area contributed by atoms with Crippen molar-refractivity contribution >= 4 is 11.4 Å². The van der Waals surface area contributed by atoms with E-state index in [2.05, 4.69) is 17.5 Å². The number of benzene rings is 1. The maximum absolute atomic E-state index is 4.18. The van der Waals surface area contributed by atoms with Gasteiger partial charge in [0.15, 0.2) is 0 Å². The molecule has 0 unspecified atom stereocenters. The topological polar surface area (TPSA) is 24.4 Å². The van der Waals surface area contributed by atoms with Gasteiger partial charge in [-0.05, 0) is 25.5 Å². The van der Waals surface area contributed by atoms with Gasteiger partial charge in [-0.15, -0.1) is 0 Å². The van der Waals surface area contributed by atoms with Crippen LogP contribution in [0.1, 0.15) is 20.3 Å². The van der Waals surface area contributed by atoms with Gasteiger partial charge in [-0.25, -0.2) is 0 Å². The van der Waals surface area contributed by atoms with Crippen molar-refractivity contribution in [2.45, 2.75) is 20.3 Å². The molecule has 0 saturated heterocycles. The molecule has 0 saturated carbocycles. The van der Waals surface area contributed by atoms with Gasteiger partial charge in [0.05, 0.1) is 5.69 Å². The molecule has 0 heterocycles. The third kappa shape index (κ3) is 2.74. The van der Waals surface area contributed by atoms with Crippen molar-refractivity contribution in [3.63, 3.8) is 0 Å². The van der Waals surface area contributed by atoms with Gasteiger partial charge in [-0.2, -0.15) is 5.10 Å². The van der Waals surface area contributed by atoms with Crippen LogP contribution < -0.4 is 5.43 Å². The van der Waals surface area contributed by atoms with Gasteiger partial charge in [0.1, 0.15) is 0 Å². The van der Waals surface area contributed by atoms with Crippen molar-refractivity contribution in [1.29, 1.82) is 0 Å². The Bertz CT molecular complexity index is 252.